The molecule has 2 aromatic rings. The summed E-state index contributed by atoms with van der Waals surface area (Å²) in [6.07, 6.45) is 7.16. The molecule has 0 spiro atoms. The van der Waals surface area contributed by atoms with Crippen LogP contribution in [0.15, 0.2) is 30.6 Å². The lowest BCUT2D eigenvalue weighted by Crippen LogP contribution is -2.49. The van der Waals surface area contributed by atoms with E-state index >= 15 is 0 Å². The first kappa shape index (κ1) is 14.0. The lowest BCUT2D eigenvalue weighted by atomic mass is 10.0. The maximum atomic E-state index is 12.0. The van der Waals surface area contributed by atoms with Crippen LogP contribution in [0.5, 0.6) is 0 Å². The minimum Gasteiger partial charge on any atom is -0.313 e. The highest BCUT2D eigenvalue weighted by molar-refractivity contribution is 6.07. The van der Waals surface area contributed by atoms with Crippen LogP contribution >= 0.6 is 0 Å². The number of nitrogens with one attached hydrogen (secondary N) is 2. The maximum absolute atomic E-state index is 12.0. The lowest BCUT2D eigenvalue weighted by molar-refractivity contribution is -0.120. The molecule has 23 heavy (non-hydrogen) atoms. The largest absolute Gasteiger partial charge is 0.328 e. The van der Waals surface area contributed by atoms with Crippen molar-refractivity contribution in [2.24, 2.45) is 0 Å². The zero-order valence-corrected chi connectivity index (χ0v) is 12.6. The van der Waals surface area contributed by atoms with Crippen LogP contribution in [0.2, 0.25) is 0 Å². The summed E-state index contributed by atoms with van der Waals surface area (Å²) in [4.78, 5) is 24.8. The van der Waals surface area contributed by atoms with Crippen LogP contribution in [-0.4, -0.2) is 41.2 Å². The van der Waals surface area contributed by atoms with Crippen molar-refractivity contribution in [3.63, 3.8) is 0 Å². The summed E-state index contributed by atoms with van der Waals surface area (Å²) in [6.45, 7) is 2.25. The number of aromatic nitrogens is 2. The highest BCUT2D eigenvalue weighted by Gasteiger charge is 2.26. The van der Waals surface area contributed by atoms with Gasteiger partial charge in [0.15, 0.2) is 0 Å². The average Bonchev–Trinajstić information content (AvgIpc) is 2.99. The number of carbonyl (C=O) groups is 2. The zero-order chi connectivity index (χ0) is 15.8. The van der Waals surface area contributed by atoms with Gasteiger partial charge in [0, 0.05) is 25.7 Å². The normalized spacial score (nSPS) is 19.0. The van der Waals surface area contributed by atoms with Crippen LogP contribution in [-0.2, 0) is 4.79 Å². The summed E-state index contributed by atoms with van der Waals surface area (Å²) in [5.41, 5.74) is 4.03. The topological polar surface area (TPSA) is 78.7 Å². The van der Waals surface area contributed by atoms with Crippen molar-refractivity contribution >= 4 is 28.7 Å². The molecule has 0 aliphatic carbocycles. The monoisotopic (exact) mass is 311 g/mol. The Morgan fingerprint density at radius 1 is 1.17 bits per heavy atom. The number of imide groups is 1. The van der Waals surface area contributed by atoms with Gasteiger partial charge < -0.3 is 5.32 Å². The number of rotatable bonds is 2. The molecule has 0 unspecified atom stereocenters. The summed E-state index contributed by atoms with van der Waals surface area (Å²) in [7, 11) is 0. The smallest absolute Gasteiger partial charge is 0.313 e. The molecule has 0 bridgehead atoms. The van der Waals surface area contributed by atoms with E-state index in [2.05, 4.69) is 27.9 Å². The van der Waals surface area contributed by atoms with Gasteiger partial charge in [-0.15, -0.1) is 0 Å². The van der Waals surface area contributed by atoms with Gasteiger partial charge in [0.25, 0.3) is 0 Å². The Morgan fingerprint density at radius 3 is 2.87 bits per heavy atom. The fourth-order valence-corrected chi connectivity index (χ4v) is 3.05. The molecule has 0 radical (unpaired) electrons. The van der Waals surface area contributed by atoms with Gasteiger partial charge in [-0.3, -0.25) is 15.0 Å². The molecule has 3 amide bonds. The van der Waals surface area contributed by atoms with Crippen LogP contribution in [0.25, 0.3) is 11.1 Å². The molecule has 2 aliphatic rings. The van der Waals surface area contributed by atoms with E-state index in [-0.39, 0.29) is 11.9 Å². The van der Waals surface area contributed by atoms with Crippen molar-refractivity contribution in [2.75, 3.05) is 24.5 Å². The third-order valence-corrected chi connectivity index (χ3v) is 4.28. The number of amides is 3. The Labute approximate surface area is 133 Å². The molecule has 4 heterocycles. The Balaban J connectivity index is 1.69. The van der Waals surface area contributed by atoms with Crippen molar-refractivity contribution in [3.8, 4) is 0 Å². The highest BCUT2D eigenvalue weighted by Crippen LogP contribution is 2.26. The number of nitrogens with zero attached hydrogens (tertiary/aromatic N) is 3. The van der Waals surface area contributed by atoms with E-state index in [0.29, 0.717) is 13.0 Å². The van der Waals surface area contributed by atoms with Crippen molar-refractivity contribution < 1.29 is 9.59 Å². The minimum absolute atomic E-state index is 0.233. The number of pyridine rings is 1. The molecule has 0 aromatic carbocycles. The van der Waals surface area contributed by atoms with Crippen LogP contribution in [0.4, 0.5) is 10.5 Å². The first-order chi connectivity index (χ1) is 11.2. The van der Waals surface area contributed by atoms with Crippen molar-refractivity contribution in [1.82, 2.24) is 20.2 Å². The predicted molar refractivity (Wildman–Crippen MR) is 86.2 cm³/mol. The Kier molecular flexibility index (Phi) is 3.34. The highest BCUT2D eigenvalue weighted by atomic mass is 16.2. The first-order valence-electron chi connectivity index (χ1n) is 7.71. The van der Waals surface area contributed by atoms with Gasteiger partial charge in [-0.25, -0.2) is 9.31 Å². The molecule has 1 saturated heterocycles. The number of urea groups is 1. The fraction of sp³-hybridized carbons (Fsp3) is 0.312. The molecule has 0 saturated carbocycles. The van der Waals surface area contributed by atoms with Gasteiger partial charge in [-0.05, 0) is 30.2 Å². The molecule has 7 nitrogen and oxygen atoms in total. The van der Waals surface area contributed by atoms with E-state index in [1.807, 2.05) is 12.3 Å². The molecule has 4 rings (SSSR count). The molecule has 2 aliphatic heterocycles. The first-order valence-corrected chi connectivity index (χ1v) is 7.71. The van der Waals surface area contributed by atoms with E-state index < -0.39 is 0 Å². The molecular formula is C16H17N5O2. The third kappa shape index (κ3) is 2.49. The summed E-state index contributed by atoms with van der Waals surface area (Å²) >= 11 is 0. The Bertz CT molecular complexity index is 823. The fourth-order valence-electron chi connectivity index (χ4n) is 3.05. The Hall–Kier alpha value is -2.67. The van der Waals surface area contributed by atoms with E-state index in [9.17, 15) is 9.59 Å². The van der Waals surface area contributed by atoms with Gasteiger partial charge in [0.1, 0.15) is 0 Å². The number of hydrogen-bond acceptors (Lipinski definition) is 4. The molecule has 118 valence electrons. The summed E-state index contributed by atoms with van der Waals surface area (Å²) in [5, 5.41) is 10.0. The molecular weight excluding hydrogens is 294 g/mol. The van der Waals surface area contributed by atoms with E-state index in [1.54, 1.807) is 15.6 Å². The van der Waals surface area contributed by atoms with Gasteiger partial charge in [0.2, 0.25) is 5.91 Å². The zero-order valence-electron chi connectivity index (χ0n) is 12.6. The third-order valence-electron chi connectivity index (χ3n) is 4.28. The molecule has 2 N–H and O–H groups in total. The van der Waals surface area contributed by atoms with Gasteiger partial charge in [-0.1, -0.05) is 12.1 Å². The minimum atomic E-state index is -0.388. The van der Waals surface area contributed by atoms with Crippen molar-refractivity contribution in [2.45, 2.75) is 12.8 Å². The summed E-state index contributed by atoms with van der Waals surface area (Å²) < 4.78 is 1.79. The van der Waals surface area contributed by atoms with Crippen LogP contribution in [0.1, 0.15) is 18.4 Å². The summed E-state index contributed by atoms with van der Waals surface area (Å²) in [5.74, 6) is -0.233. The second-order valence-corrected chi connectivity index (χ2v) is 5.72. The van der Waals surface area contributed by atoms with E-state index in [0.717, 1.165) is 36.3 Å². The molecule has 0 atom stereocenters. The number of fused-ring (bicyclic) bond motifs is 1. The van der Waals surface area contributed by atoms with Crippen LogP contribution in [0, 0.1) is 0 Å². The lowest BCUT2D eigenvalue weighted by Gasteiger charge is -2.25. The van der Waals surface area contributed by atoms with E-state index in [1.165, 1.54) is 5.57 Å². The molecule has 2 aromatic heterocycles. The number of hydrogen-bond donors (Lipinski definition) is 2. The number of anilines is 1. The quantitative estimate of drug-likeness (QED) is 0.872. The van der Waals surface area contributed by atoms with Gasteiger partial charge >= 0.3 is 6.03 Å². The molecule has 7 heteroatoms. The second-order valence-electron chi connectivity index (χ2n) is 5.72. The Morgan fingerprint density at radius 2 is 2.09 bits per heavy atom. The van der Waals surface area contributed by atoms with E-state index in [4.69, 9.17) is 0 Å². The number of carbonyl (C=O) groups excluding carboxylic acids is 2. The average molecular weight is 311 g/mol. The van der Waals surface area contributed by atoms with Crippen LogP contribution in [0.3, 0.4) is 0 Å². The standard InChI is InChI=1S/C16H17N5O2/c22-15-5-8-20(16(23)19-15)14-9-18-21-10-12(1-2-13(14)21)11-3-6-17-7-4-11/h1-3,9-10,17H,4-8H2,(H,19,22,23). The SMILES string of the molecule is O=C1CCN(c2cnn3cc(C4=CCNCC4)ccc23)C(=O)N1. The predicted octanol–water partition coefficient (Wildman–Crippen LogP) is 1.16. The van der Waals surface area contributed by atoms with Gasteiger partial charge in [0.05, 0.1) is 17.4 Å². The van der Waals surface area contributed by atoms with Crippen LogP contribution < -0.4 is 15.5 Å². The van der Waals surface area contributed by atoms with Crippen molar-refractivity contribution in [3.05, 3.63) is 36.2 Å². The maximum Gasteiger partial charge on any atom is 0.328 e. The van der Waals surface area contributed by atoms with Crippen molar-refractivity contribution in [1.29, 1.82) is 0 Å². The molecule has 1 fully saturated rings. The summed E-state index contributed by atoms with van der Waals surface area (Å²) in [6, 6.07) is 3.65. The second kappa shape index (κ2) is 5.51. The van der Waals surface area contributed by atoms with Gasteiger partial charge in [-0.2, -0.15) is 5.10 Å².